The summed E-state index contributed by atoms with van der Waals surface area (Å²) in [7, 11) is 0. The summed E-state index contributed by atoms with van der Waals surface area (Å²) in [6.45, 7) is 8.34. The van der Waals surface area contributed by atoms with Gasteiger partial charge in [0.15, 0.2) is 0 Å². The molecule has 1 rings (SSSR count). The van der Waals surface area contributed by atoms with Gasteiger partial charge < -0.3 is 10.2 Å². The molecule has 1 heterocycles. The molecule has 0 saturated carbocycles. The fourth-order valence-corrected chi connectivity index (χ4v) is 1.70. The molecule has 86 valence electrons. The van der Waals surface area contributed by atoms with Crippen molar-refractivity contribution in [2.24, 2.45) is 5.92 Å². The number of likely N-dealkylation sites (tertiary alicyclic amines) is 1. The Morgan fingerprint density at radius 3 is 2.40 bits per heavy atom. The van der Waals surface area contributed by atoms with Gasteiger partial charge in [0.05, 0.1) is 6.04 Å². The van der Waals surface area contributed by atoms with E-state index in [1.54, 1.807) is 0 Å². The number of hydrogen-bond donors (Lipinski definition) is 1. The summed E-state index contributed by atoms with van der Waals surface area (Å²) < 4.78 is 0. The molecule has 1 atom stereocenters. The number of carbonyl (C=O) groups is 2. The first-order valence-corrected chi connectivity index (χ1v) is 5.51. The molecule has 1 fully saturated rings. The highest BCUT2D eigenvalue weighted by molar-refractivity contribution is 5.83. The van der Waals surface area contributed by atoms with Crippen molar-refractivity contribution in [2.45, 2.75) is 46.2 Å². The van der Waals surface area contributed by atoms with Crippen LogP contribution in [0.2, 0.25) is 0 Å². The van der Waals surface area contributed by atoms with Crippen molar-refractivity contribution in [3.8, 4) is 0 Å². The van der Waals surface area contributed by atoms with E-state index in [2.05, 4.69) is 5.32 Å². The van der Waals surface area contributed by atoms with E-state index in [0.717, 1.165) is 0 Å². The van der Waals surface area contributed by atoms with Gasteiger partial charge in [-0.1, -0.05) is 13.8 Å². The molecule has 0 radical (unpaired) electrons. The molecule has 2 amide bonds. The van der Waals surface area contributed by atoms with Gasteiger partial charge in [-0.3, -0.25) is 9.59 Å². The van der Waals surface area contributed by atoms with E-state index < -0.39 is 0 Å². The van der Waals surface area contributed by atoms with E-state index >= 15 is 0 Å². The molecular formula is C11H20N2O2. The van der Waals surface area contributed by atoms with Crippen LogP contribution >= 0.6 is 0 Å². The first-order chi connectivity index (χ1) is 6.91. The van der Waals surface area contributed by atoms with Crippen LogP contribution in [0.4, 0.5) is 0 Å². The molecular weight excluding hydrogens is 192 g/mol. The summed E-state index contributed by atoms with van der Waals surface area (Å²) in [6.07, 6.45) is 0.441. The van der Waals surface area contributed by atoms with E-state index in [-0.39, 0.29) is 29.8 Å². The van der Waals surface area contributed by atoms with Gasteiger partial charge in [-0.05, 0) is 13.8 Å². The third-order valence-electron chi connectivity index (χ3n) is 2.65. The number of hydrogen-bond acceptors (Lipinski definition) is 2. The highest BCUT2D eigenvalue weighted by Gasteiger charge is 2.32. The van der Waals surface area contributed by atoms with Crippen LogP contribution in [0.3, 0.4) is 0 Å². The molecule has 1 aliphatic rings. The zero-order chi connectivity index (χ0) is 11.6. The molecule has 15 heavy (non-hydrogen) atoms. The van der Waals surface area contributed by atoms with Gasteiger partial charge in [-0.2, -0.15) is 0 Å². The number of carbonyl (C=O) groups excluding carboxylic acids is 2. The highest BCUT2D eigenvalue weighted by atomic mass is 16.2. The van der Waals surface area contributed by atoms with Gasteiger partial charge in [-0.15, -0.1) is 0 Å². The predicted octanol–water partition coefficient (Wildman–Crippen LogP) is 0.768. The zero-order valence-corrected chi connectivity index (χ0v) is 9.91. The molecule has 0 aromatic heterocycles. The van der Waals surface area contributed by atoms with Gasteiger partial charge in [0.2, 0.25) is 11.8 Å². The second-order valence-electron chi connectivity index (χ2n) is 4.70. The minimum atomic E-state index is -0.0202. The van der Waals surface area contributed by atoms with Crippen LogP contribution in [0, 0.1) is 5.92 Å². The van der Waals surface area contributed by atoms with Crippen LogP contribution in [0.15, 0.2) is 0 Å². The molecule has 4 nitrogen and oxygen atoms in total. The normalized spacial score (nSPS) is 21.6. The van der Waals surface area contributed by atoms with Gasteiger partial charge in [0, 0.05) is 24.9 Å². The summed E-state index contributed by atoms with van der Waals surface area (Å²) in [6, 6.07) is 0.216. The molecule has 0 aromatic rings. The molecule has 1 saturated heterocycles. The Morgan fingerprint density at radius 2 is 2.00 bits per heavy atom. The third-order valence-corrected chi connectivity index (χ3v) is 2.65. The maximum absolute atomic E-state index is 11.6. The maximum Gasteiger partial charge on any atom is 0.225 e. The second-order valence-corrected chi connectivity index (χ2v) is 4.70. The van der Waals surface area contributed by atoms with E-state index in [1.165, 1.54) is 0 Å². The van der Waals surface area contributed by atoms with Crippen LogP contribution < -0.4 is 5.32 Å². The van der Waals surface area contributed by atoms with E-state index in [0.29, 0.717) is 13.0 Å². The second kappa shape index (κ2) is 4.64. The van der Waals surface area contributed by atoms with Gasteiger partial charge in [0.1, 0.15) is 0 Å². The lowest BCUT2D eigenvalue weighted by Gasteiger charge is -2.21. The van der Waals surface area contributed by atoms with Crippen molar-refractivity contribution in [1.29, 1.82) is 0 Å². The summed E-state index contributed by atoms with van der Waals surface area (Å²) in [5.41, 5.74) is 0. The third kappa shape index (κ3) is 2.94. The summed E-state index contributed by atoms with van der Waals surface area (Å²) >= 11 is 0. The largest absolute Gasteiger partial charge is 0.351 e. The topological polar surface area (TPSA) is 49.4 Å². The Morgan fingerprint density at radius 1 is 1.40 bits per heavy atom. The standard InChI is InChI=1S/C11H20N2O2/c1-7(2)11(15)12-9-5-10(14)13(6-9)8(3)4/h7-9H,5-6H2,1-4H3,(H,12,15). The number of nitrogens with zero attached hydrogens (tertiary/aromatic N) is 1. The lowest BCUT2D eigenvalue weighted by molar-refractivity contribution is -0.129. The zero-order valence-electron chi connectivity index (χ0n) is 9.91. The summed E-state index contributed by atoms with van der Waals surface area (Å²) in [5.74, 6) is 0.144. The van der Waals surface area contributed by atoms with E-state index in [1.807, 2.05) is 32.6 Å². The van der Waals surface area contributed by atoms with Crippen LogP contribution in [-0.2, 0) is 9.59 Å². The van der Waals surface area contributed by atoms with Crippen molar-refractivity contribution >= 4 is 11.8 Å². The van der Waals surface area contributed by atoms with Gasteiger partial charge in [0.25, 0.3) is 0 Å². The fraction of sp³-hybridized carbons (Fsp3) is 0.818. The van der Waals surface area contributed by atoms with E-state index in [4.69, 9.17) is 0 Å². The Bertz CT molecular complexity index is 261. The van der Waals surface area contributed by atoms with Crippen LogP contribution in [0.1, 0.15) is 34.1 Å². The first-order valence-electron chi connectivity index (χ1n) is 5.51. The van der Waals surface area contributed by atoms with E-state index in [9.17, 15) is 9.59 Å². The number of amides is 2. The average molecular weight is 212 g/mol. The summed E-state index contributed by atoms with van der Waals surface area (Å²) in [5, 5.41) is 2.89. The average Bonchev–Trinajstić information content (AvgIpc) is 2.46. The SMILES string of the molecule is CC(C)C(=O)NC1CC(=O)N(C(C)C)C1. The van der Waals surface area contributed by atoms with Crippen LogP contribution in [0.5, 0.6) is 0 Å². The quantitative estimate of drug-likeness (QED) is 0.751. The molecule has 0 spiro atoms. The van der Waals surface area contributed by atoms with Crippen molar-refractivity contribution in [3.63, 3.8) is 0 Å². The molecule has 1 N–H and O–H groups in total. The Hall–Kier alpha value is -1.06. The molecule has 1 aliphatic heterocycles. The lowest BCUT2D eigenvalue weighted by atomic mass is 10.2. The predicted molar refractivity (Wildman–Crippen MR) is 58.2 cm³/mol. The first kappa shape index (κ1) is 12.0. The Labute approximate surface area is 91.0 Å². The van der Waals surface area contributed by atoms with Crippen molar-refractivity contribution < 1.29 is 9.59 Å². The Balaban J connectivity index is 2.48. The molecule has 0 aromatic carbocycles. The van der Waals surface area contributed by atoms with Crippen LogP contribution in [0.25, 0.3) is 0 Å². The van der Waals surface area contributed by atoms with Crippen molar-refractivity contribution in [1.82, 2.24) is 10.2 Å². The molecule has 0 bridgehead atoms. The minimum Gasteiger partial charge on any atom is -0.351 e. The molecule has 0 aliphatic carbocycles. The molecule has 4 heteroatoms. The minimum absolute atomic E-state index is 0.00481. The number of nitrogens with one attached hydrogen (secondary N) is 1. The van der Waals surface area contributed by atoms with Crippen LogP contribution in [-0.4, -0.2) is 35.3 Å². The molecule has 1 unspecified atom stereocenters. The lowest BCUT2D eigenvalue weighted by Crippen LogP contribution is -2.40. The highest BCUT2D eigenvalue weighted by Crippen LogP contribution is 2.14. The van der Waals surface area contributed by atoms with Gasteiger partial charge >= 0.3 is 0 Å². The smallest absolute Gasteiger partial charge is 0.225 e. The fourth-order valence-electron chi connectivity index (χ4n) is 1.70. The summed E-state index contributed by atoms with van der Waals surface area (Å²) in [4.78, 5) is 24.8. The Kier molecular flexibility index (Phi) is 3.72. The maximum atomic E-state index is 11.6. The van der Waals surface area contributed by atoms with Crippen molar-refractivity contribution in [3.05, 3.63) is 0 Å². The van der Waals surface area contributed by atoms with Crippen molar-refractivity contribution in [2.75, 3.05) is 6.54 Å². The monoisotopic (exact) mass is 212 g/mol. The number of rotatable bonds is 3. The van der Waals surface area contributed by atoms with Gasteiger partial charge in [-0.25, -0.2) is 0 Å².